The van der Waals surface area contributed by atoms with Crippen molar-refractivity contribution in [2.24, 2.45) is 0 Å². The normalized spacial score (nSPS) is 14.8. The molecule has 0 aliphatic carbocycles. The summed E-state index contributed by atoms with van der Waals surface area (Å²) >= 11 is 1.30. The molecule has 7 heteroatoms. The van der Waals surface area contributed by atoms with E-state index >= 15 is 0 Å². The van der Waals surface area contributed by atoms with Crippen LogP contribution in [-0.2, 0) is 16.0 Å². The highest BCUT2D eigenvalue weighted by Gasteiger charge is 2.34. The number of benzene rings is 2. The first-order valence-corrected chi connectivity index (χ1v) is 10.2. The van der Waals surface area contributed by atoms with E-state index in [0.29, 0.717) is 21.9 Å². The Morgan fingerprint density at radius 3 is 2.43 bits per heavy atom. The Kier molecular flexibility index (Phi) is 5.45. The van der Waals surface area contributed by atoms with Crippen molar-refractivity contribution in [1.82, 2.24) is 5.43 Å². The van der Waals surface area contributed by atoms with E-state index in [9.17, 15) is 14.4 Å². The van der Waals surface area contributed by atoms with Gasteiger partial charge in [-0.3, -0.25) is 15.0 Å². The number of nitrogens with zero attached hydrogens (tertiary/aromatic N) is 1. The maximum atomic E-state index is 12.7. The first-order valence-electron chi connectivity index (χ1n) is 9.37. The molecular formula is C23H18N2O4S. The van der Waals surface area contributed by atoms with Gasteiger partial charge in [0.1, 0.15) is 16.2 Å². The number of hydrazine groups is 1. The topological polar surface area (TPSA) is 75.7 Å². The minimum absolute atomic E-state index is 0.0397. The van der Waals surface area contributed by atoms with Gasteiger partial charge in [0.15, 0.2) is 0 Å². The molecule has 2 amide bonds. The molecule has 2 aromatic carbocycles. The Labute approximate surface area is 177 Å². The summed E-state index contributed by atoms with van der Waals surface area (Å²) in [4.78, 5) is 37.6. The minimum Gasteiger partial charge on any atom is -0.422 e. The Hall–Kier alpha value is -3.71. The Morgan fingerprint density at radius 2 is 1.80 bits per heavy atom. The molecule has 150 valence electrons. The summed E-state index contributed by atoms with van der Waals surface area (Å²) in [7, 11) is 0. The number of aryl methyl sites for hydroxylation is 1. The third-order valence-electron chi connectivity index (χ3n) is 4.62. The Bertz CT molecular complexity index is 1120. The summed E-state index contributed by atoms with van der Waals surface area (Å²) in [5.74, 6) is -0.924. The summed E-state index contributed by atoms with van der Waals surface area (Å²) < 4.78 is 5.32. The number of amides is 2. The molecular weight excluding hydrogens is 400 g/mol. The summed E-state index contributed by atoms with van der Waals surface area (Å²) in [5.41, 5.74) is 5.02. The lowest BCUT2D eigenvalue weighted by Crippen LogP contribution is -2.35. The molecule has 3 aromatic rings. The minimum atomic E-state index is -0.465. The zero-order chi connectivity index (χ0) is 21.1. The molecule has 0 unspecified atom stereocenters. The molecule has 0 radical (unpaired) electrons. The van der Waals surface area contributed by atoms with Crippen LogP contribution in [0.2, 0.25) is 0 Å². The van der Waals surface area contributed by atoms with E-state index in [0.717, 1.165) is 12.0 Å². The second-order valence-corrected chi connectivity index (χ2v) is 7.54. The van der Waals surface area contributed by atoms with Crippen LogP contribution in [0.15, 0.2) is 71.6 Å². The van der Waals surface area contributed by atoms with Crippen molar-refractivity contribution >= 4 is 40.9 Å². The molecule has 1 aromatic heterocycles. The van der Waals surface area contributed by atoms with Crippen LogP contribution in [0.4, 0.5) is 5.69 Å². The van der Waals surface area contributed by atoms with Crippen LogP contribution in [-0.4, -0.2) is 17.8 Å². The van der Waals surface area contributed by atoms with Crippen molar-refractivity contribution in [2.75, 3.05) is 5.01 Å². The van der Waals surface area contributed by atoms with Gasteiger partial charge >= 0.3 is 5.97 Å². The summed E-state index contributed by atoms with van der Waals surface area (Å²) in [6.45, 7) is 2.05. The lowest BCUT2D eigenvalue weighted by Gasteiger charge is -2.14. The molecule has 30 heavy (non-hydrogen) atoms. The van der Waals surface area contributed by atoms with Gasteiger partial charge in [0.25, 0.3) is 11.8 Å². The van der Waals surface area contributed by atoms with Gasteiger partial charge in [-0.15, -0.1) is 11.3 Å². The molecule has 0 bridgehead atoms. The smallest absolute Gasteiger partial charge is 0.353 e. The van der Waals surface area contributed by atoms with Gasteiger partial charge in [-0.05, 0) is 59.3 Å². The van der Waals surface area contributed by atoms with Gasteiger partial charge in [-0.2, -0.15) is 0 Å². The number of carbonyl (C=O) groups excluding carboxylic acids is 3. The number of rotatable bonds is 5. The van der Waals surface area contributed by atoms with Gasteiger partial charge in [-0.1, -0.05) is 37.3 Å². The van der Waals surface area contributed by atoms with Crippen LogP contribution in [0.3, 0.4) is 0 Å². The number of hydrogen-bond acceptors (Lipinski definition) is 5. The molecule has 1 N–H and O–H groups in total. The fraction of sp³-hybridized carbons (Fsp3) is 0.0870. The molecule has 6 nitrogen and oxygen atoms in total. The van der Waals surface area contributed by atoms with Crippen molar-refractivity contribution in [3.8, 4) is 5.75 Å². The van der Waals surface area contributed by atoms with Crippen LogP contribution in [0.1, 0.15) is 27.7 Å². The molecule has 0 spiro atoms. The van der Waals surface area contributed by atoms with Gasteiger partial charge in [-0.25, -0.2) is 9.80 Å². The molecule has 1 aliphatic rings. The van der Waals surface area contributed by atoms with E-state index < -0.39 is 17.8 Å². The highest BCUT2D eigenvalue weighted by atomic mass is 32.1. The highest BCUT2D eigenvalue weighted by Crippen LogP contribution is 2.23. The van der Waals surface area contributed by atoms with Crippen LogP contribution >= 0.6 is 11.3 Å². The van der Waals surface area contributed by atoms with E-state index in [1.807, 2.05) is 19.1 Å². The molecule has 1 fully saturated rings. The fourth-order valence-corrected chi connectivity index (χ4v) is 3.57. The first kappa shape index (κ1) is 19.6. The van der Waals surface area contributed by atoms with Gasteiger partial charge in [0.05, 0.1) is 5.69 Å². The van der Waals surface area contributed by atoms with Gasteiger partial charge in [0.2, 0.25) is 0 Å². The van der Waals surface area contributed by atoms with Gasteiger partial charge < -0.3 is 4.74 Å². The summed E-state index contributed by atoms with van der Waals surface area (Å²) in [6.07, 6.45) is 2.41. The summed E-state index contributed by atoms with van der Waals surface area (Å²) in [6, 6.07) is 17.5. The van der Waals surface area contributed by atoms with Crippen LogP contribution in [0.5, 0.6) is 5.75 Å². The average molecular weight is 418 g/mol. The van der Waals surface area contributed by atoms with E-state index in [4.69, 9.17) is 4.74 Å². The number of thiophene rings is 1. The predicted molar refractivity (Wildman–Crippen MR) is 115 cm³/mol. The maximum Gasteiger partial charge on any atom is 0.353 e. The Balaban J connectivity index is 1.49. The SMILES string of the molecule is CCc1ccc(N2NC(=O)C(=Cc3ccc(OC(=O)c4cccs4)cc3)C2=O)cc1. The molecule has 2 heterocycles. The zero-order valence-electron chi connectivity index (χ0n) is 16.1. The standard InChI is InChI=1S/C23H18N2O4S/c1-2-15-5-9-17(10-6-15)25-22(27)19(21(26)24-25)14-16-7-11-18(12-8-16)29-23(28)20-4-3-13-30-20/h3-14H,2H2,1H3,(H,24,26). The lowest BCUT2D eigenvalue weighted by atomic mass is 10.1. The van der Waals surface area contributed by atoms with Crippen molar-refractivity contribution < 1.29 is 19.1 Å². The number of ether oxygens (including phenoxy) is 1. The predicted octanol–water partition coefficient (Wildman–Crippen LogP) is 3.99. The van der Waals surface area contributed by atoms with Crippen molar-refractivity contribution in [3.63, 3.8) is 0 Å². The van der Waals surface area contributed by atoms with Gasteiger partial charge in [0, 0.05) is 0 Å². The number of esters is 1. The van der Waals surface area contributed by atoms with Crippen LogP contribution in [0.25, 0.3) is 6.08 Å². The van der Waals surface area contributed by atoms with Crippen LogP contribution in [0, 0.1) is 0 Å². The number of carbonyl (C=O) groups is 3. The fourth-order valence-electron chi connectivity index (χ4n) is 2.97. The van der Waals surface area contributed by atoms with E-state index in [1.54, 1.807) is 53.9 Å². The number of hydrogen-bond donors (Lipinski definition) is 1. The van der Waals surface area contributed by atoms with E-state index in [-0.39, 0.29) is 5.57 Å². The van der Waals surface area contributed by atoms with E-state index in [2.05, 4.69) is 5.43 Å². The molecule has 1 aliphatic heterocycles. The quantitative estimate of drug-likeness (QED) is 0.294. The maximum absolute atomic E-state index is 12.7. The molecule has 1 saturated heterocycles. The number of anilines is 1. The highest BCUT2D eigenvalue weighted by molar-refractivity contribution is 7.12. The number of nitrogens with one attached hydrogen (secondary N) is 1. The molecule has 0 atom stereocenters. The van der Waals surface area contributed by atoms with Crippen molar-refractivity contribution in [3.05, 3.63) is 87.6 Å². The Morgan fingerprint density at radius 1 is 1.07 bits per heavy atom. The van der Waals surface area contributed by atoms with Crippen LogP contribution < -0.4 is 15.2 Å². The molecule has 0 saturated carbocycles. The third-order valence-corrected chi connectivity index (χ3v) is 5.47. The largest absolute Gasteiger partial charge is 0.422 e. The molecule has 4 rings (SSSR count). The second-order valence-electron chi connectivity index (χ2n) is 6.60. The lowest BCUT2D eigenvalue weighted by molar-refractivity contribution is -0.117. The second kappa shape index (κ2) is 8.34. The van der Waals surface area contributed by atoms with E-state index in [1.165, 1.54) is 22.4 Å². The zero-order valence-corrected chi connectivity index (χ0v) is 16.9. The van der Waals surface area contributed by atoms with Crippen molar-refractivity contribution in [2.45, 2.75) is 13.3 Å². The monoisotopic (exact) mass is 418 g/mol. The third kappa shape index (κ3) is 4.01. The first-order chi connectivity index (χ1) is 14.5. The average Bonchev–Trinajstić information content (AvgIpc) is 3.40. The van der Waals surface area contributed by atoms with Crippen molar-refractivity contribution in [1.29, 1.82) is 0 Å². The summed E-state index contributed by atoms with van der Waals surface area (Å²) in [5, 5.41) is 3.04.